The average molecular weight is 462 g/mol. The first-order valence-electron chi connectivity index (χ1n) is 12.2. The topological polar surface area (TPSA) is 109 Å². The molecule has 5 rings (SSSR count). The third kappa shape index (κ3) is 5.28. The first kappa shape index (κ1) is 22.5. The van der Waals surface area contributed by atoms with Gasteiger partial charge in [0.1, 0.15) is 24.0 Å². The quantitative estimate of drug-likeness (QED) is 0.415. The zero-order valence-electron chi connectivity index (χ0n) is 19.2. The Labute approximate surface area is 199 Å². The van der Waals surface area contributed by atoms with Crippen molar-refractivity contribution in [1.29, 1.82) is 0 Å². The Hall–Kier alpha value is -3.26. The highest BCUT2D eigenvalue weighted by Gasteiger charge is 2.30. The fourth-order valence-corrected chi connectivity index (χ4v) is 4.80. The number of carboxylic acid groups (broad SMARTS) is 1. The number of nitrogens with one attached hydrogen (secondary N) is 2. The van der Waals surface area contributed by atoms with Crippen LogP contribution < -0.4 is 10.6 Å². The van der Waals surface area contributed by atoms with Crippen LogP contribution in [0, 0.1) is 5.92 Å². The van der Waals surface area contributed by atoms with E-state index in [1.165, 1.54) is 18.3 Å². The Morgan fingerprint density at radius 3 is 2.97 bits per heavy atom. The van der Waals surface area contributed by atoms with E-state index in [9.17, 15) is 9.90 Å². The molecule has 0 saturated heterocycles. The molecule has 3 N–H and O–H groups in total. The number of benzene rings is 1. The number of nitrogens with zero attached hydrogens (tertiary/aromatic N) is 3. The first-order chi connectivity index (χ1) is 16.7. The van der Waals surface area contributed by atoms with Gasteiger partial charge in [0.05, 0.1) is 11.6 Å². The zero-order chi connectivity index (χ0) is 23.3. The normalized spacial score (nSPS) is 20.1. The number of carbonyl (C=O) groups is 1. The molecule has 2 aromatic heterocycles. The first-order valence-corrected chi connectivity index (χ1v) is 12.2. The molecule has 1 aliphatic carbocycles. The SMILES string of the molecule is O=C(O)C(CCOC1CC(CCc2ccc3c(n2)NCCC3)C1)Nc1ncnc2ccccc12. The number of carboxylic acids is 1. The van der Waals surface area contributed by atoms with Gasteiger partial charge in [0.25, 0.3) is 0 Å². The van der Waals surface area contributed by atoms with Crippen molar-refractivity contribution in [3.05, 3.63) is 54.0 Å². The minimum atomic E-state index is -0.912. The Morgan fingerprint density at radius 1 is 1.21 bits per heavy atom. The molecule has 0 spiro atoms. The van der Waals surface area contributed by atoms with Crippen molar-refractivity contribution in [2.45, 2.75) is 57.1 Å². The molecule has 1 fully saturated rings. The van der Waals surface area contributed by atoms with E-state index in [1.807, 2.05) is 24.3 Å². The molecule has 0 radical (unpaired) electrons. The second kappa shape index (κ2) is 10.3. The van der Waals surface area contributed by atoms with Gasteiger partial charge >= 0.3 is 5.97 Å². The van der Waals surface area contributed by atoms with Crippen LogP contribution in [0.25, 0.3) is 10.9 Å². The van der Waals surface area contributed by atoms with Gasteiger partial charge < -0.3 is 20.5 Å². The largest absolute Gasteiger partial charge is 0.480 e. The van der Waals surface area contributed by atoms with Gasteiger partial charge in [-0.3, -0.25) is 0 Å². The van der Waals surface area contributed by atoms with Crippen LogP contribution in [0.2, 0.25) is 0 Å². The Kier molecular flexibility index (Phi) is 6.85. The predicted molar refractivity (Wildman–Crippen MR) is 131 cm³/mol. The van der Waals surface area contributed by atoms with Gasteiger partial charge in [0.15, 0.2) is 0 Å². The van der Waals surface area contributed by atoms with E-state index in [0.717, 1.165) is 61.1 Å². The molecule has 2 aliphatic rings. The molecule has 1 saturated carbocycles. The van der Waals surface area contributed by atoms with Crippen molar-refractivity contribution in [3.63, 3.8) is 0 Å². The van der Waals surface area contributed by atoms with Crippen molar-refractivity contribution in [2.24, 2.45) is 5.92 Å². The third-order valence-corrected chi connectivity index (χ3v) is 6.86. The molecule has 1 aromatic carbocycles. The summed E-state index contributed by atoms with van der Waals surface area (Å²) < 4.78 is 5.98. The third-order valence-electron chi connectivity index (χ3n) is 6.86. The Balaban J connectivity index is 1.05. The van der Waals surface area contributed by atoms with Gasteiger partial charge in [-0.25, -0.2) is 19.7 Å². The van der Waals surface area contributed by atoms with Crippen LogP contribution >= 0.6 is 0 Å². The maximum absolute atomic E-state index is 11.8. The molecule has 1 aliphatic heterocycles. The summed E-state index contributed by atoms with van der Waals surface area (Å²) in [4.78, 5) is 25.0. The van der Waals surface area contributed by atoms with Gasteiger partial charge in [-0.05, 0) is 68.2 Å². The molecule has 3 heterocycles. The minimum absolute atomic E-state index is 0.220. The smallest absolute Gasteiger partial charge is 0.326 e. The van der Waals surface area contributed by atoms with E-state index in [2.05, 4.69) is 32.7 Å². The number of aliphatic carboxylic acids is 1. The molecule has 34 heavy (non-hydrogen) atoms. The van der Waals surface area contributed by atoms with Crippen LogP contribution in [-0.2, 0) is 22.4 Å². The highest BCUT2D eigenvalue weighted by Crippen LogP contribution is 2.34. The molecular weight excluding hydrogens is 430 g/mol. The highest BCUT2D eigenvalue weighted by atomic mass is 16.5. The molecule has 1 atom stereocenters. The van der Waals surface area contributed by atoms with Crippen LogP contribution in [0.15, 0.2) is 42.7 Å². The fourth-order valence-electron chi connectivity index (χ4n) is 4.80. The summed E-state index contributed by atoms with van der Waals surface area (Å²) in [5, 5.41) is 16.9. The summed E-state index contributed by atoms with van der Waals surface area (Å²) in [6.45, 7) is 1.42. The molecule has 1 unspecified atom stereocenters. The molecule has 178 valence electrons. The van der Waals surface area contributed by atoms with Crippen molar-refractivity contribution in [3.8, 4) is 0 Å². The maximum atomic E-state index is 11.8. The Morgan fingerprint density at radius 2 is 2.09 bits per heavy atom. The van der Waals surface area contributed by atoms with E-state index in [0.29, 0.717) is 24.8 Å². The summed E-state index contributed by atoms with van der Waals surface area (Å²) in [5.41, 5.74) is 3.27. The van der Waals surface area contributed by atoms with Gasteiger partial charge in [-0.15, -0.1) is 0 Å². The van der Waals surface area contributed by atoms with Crippen molar-refractivity contribution in [1.82, 2.24) is 15.0 Å². The van der Waals surface area contributed by atoms with Crippen LogP contribution in [-0.4, -0.2) is 51.3 Å². The number of aryl methyl sites for hydroxylation is 2. The molecular formula is C26H31N5O3. The van der Waals surface area contributed by atoms with Crippen LogP contribution in [0.4, 0.5) is 11.6 Å². The van der Waals surface area contributed by atoms with E-state index in [4.69, 9.17) is 9.72 Å². The number of hydrogen-bond acceptors (Lipinski definition) is 7. The highest BCUT2D eigenvalue weighted by molar-refractivity contribution is 5.90. The fraction of sp³-hybridized carbons (Fsp3) is 0.462. The number of pyridine rings is 1. The van der Waals surface area contributed by atoms with Gasteiger partial charge in [0, 0.05) is 30.7 Å². The van der Waals surface area contributed by atoms with Crippen molar-refractivity contribution in [2.75, 3.05) is 23.8 Å². The van der Waals surface area contributed by atoms with E-state index in [1.54, 1.807) is 0 Å². The minimum Gasteiger partial charge on any atom is -0.480 e. The summed E-state index contributed by atoms with van der Waals surface area (Å²) in [5.74, 6) is 1.34. The van der Waals surface area contributed by atoms with Crippen LogP contribution in [0.3, 0.4) is 0 Å². The van der Waals surface area contributed by atoms with Crippen molar-refractivity contribution >= 4 is 28.5 Å². The van der Waals surface area contributed by atoms with Crippen molar-refractivity contribution < 1.29 is 14.6 Å². The summed E-state index contributed by atoms with van der Waals surface area (Å²) in [6, 6.07) is 11.2. The number of fused-ring (bicyclic) bond motifs is 2. The van der Waals surface area contributed by atoms with Crippen LogP contribution in [0.1, 0.15) is 43.4 Å². The lowest BCUT2D eigenvalue weighted by Gasteiger charge is -2.35. The maximum Gasteiger partial charge on any atom is 0.326 e. The molecule has 3 aromatic rings. The average Bonchev–Trinajstić information content (AvgIpc) is 2.84. The number of ether oxygens (including phenoxy) is 1. The zero-order valence-corrected chi connectivity index (χ0v) is 19.2. The lowest BCUT2D eigenvalue weighted by Crippen LogP contribution is -2.35. The molecule has 0 bridgehead atoms. The van der Waals surface area contributed by atoms with E-state index < -0.39 is 12.0 Å². The van der Waals surface area contributed by atoms with E-state index in [-0.39, 0.29) is 6.10 Å². The number of anilines is 2. The second-order valence-electron chi connectivity index (χ2n) is 9.27. The lowest BCUT2D eigenvalue weighted by molar-refractivity contribution is -0.138. The standard InChI is InChI=1S/C26H31N5O3/c32-26(33)23(31-25-21-5-1-2-6-22(21)28-16-29-25)11-13-34-20-14-17(15-20)7-9-19-10-8-18-4-3-12-27-24(18)30-19/h1-2,5-6,8,10,16-17,20,23H,3-4,7,9,11-15H2,(H,27,30)(H,32,33)(H,28,29,31). The van der Waals surface area contributed by atoms with E-state index >= 15 is 0 Å². The monoisotopic (exact) mass is 461 g/mol. The summed E-state index contributed by atoms with van der Waals surface area (Å²) in [7, 11) is 0. The molecule has 8 nitrogen and oxygen atoms in total. The number of aromatic nitrogens is 3. The second-order valence-corrected chi connectivity index (χ2v) is 9.27. The Bertz CT molecular complexity index is 1140. The molecule has 8 heteroatoms. The summed E-state index contributed by atoms with van der Waals surface area (Å²) >= 11 is 0. The van der Waals surface area contributed by atoms with Crippen LogP contribution in [0.5, 0.6) is 0 Å². The van der Waals surface area contributed by atoms with Gasteiger partial charge in [-0.2, -0.15) is 0 Å². The lowest BCUT2D eigenvalue weighted by atomic mass is 9.79. The summed E-state index contributed by atoms with van der Waals surface area (Å²) in [6.07, 6.45) is 8.51. The number of para-hydroxylation sites is 1. The molecule has 0 amide bonds. The van der Waals surface area contributed by atoms with Gasteiger partial charge in [-0.1, -0.05) is 18.2 Å². The van der Waals surface area contributed by atoms with Gasteiger partial charge in [0.2, 0.25) is 0 Å². The predicted octanol–water partition coefficient (Wildman–Crippen LogP) is 4.07. The number of rotatable bonds is 10. The number of hydrogen-bond donors (Lipinski definition) is 3.